The van der Waals surface area contributed by atoms with Gasteiger partial charge in [0.2, 0.25) is 5.88 Å². The molecule has 3 heterocycles. The standard InChI is InChI=1S/C15H24N4O3.C3H8.C2H6.H2/c16-14-11-13(19-4-8-21-9-5-19)12-15(17-14)22-10-3-18-1-6-20-7-2-18;1-3-2;1-2;/h11-12H,1-10H2,(H2,16,17);3H2,1-2H3;1-2H3;1H. The molecule has 0 unspecified atom stereocenters. The van der Waals surface area contributed by atoms with Crippen LogP contribution in [-0.4, -0.2) is 75.6 Å². The summed E-state index contributed by atoms with van der Waals surface area (Å²) in [6.07, 6.45) is 1.25. The number of pyridine rings is 1. The first-order valence-electron chi connectivity index (χ1n) is 10.3. The average Bonchev–Trinajstić information content (AvgIpc) is 2.71. The van der Waals surface area contributed by atoms with Crippen LogP contribution >= 0.6 is 0 Å². The number of anilines is 2. The predicted molar refractivity (Wildman–Crippen MR) is 114 cm³/mol. The van der Waals surface area contributed by atoms with Crippen LogP contribution in [0.1, 0.15) is 35.5 Å². The van der Waals surface area contributed by atoms with Crippen molar-refractivity contribution >= 4 is 11.5 Å². The van der Waals surface area contributed by atoms with E-state index >= 15 is 0 Å². The molecule has 2 aliphatic rings. The Bertz CT molecular complexity index is 496. The molecule has 7 nitrogen and oxygen atoms in total. The van der Waals surface area contributed by atoms with Gasteiger partial charge in [-0.15, -0.1) is 0 Å². The zero-order valence-corrected chi connectivity index (χ0v) is 17.6. The maximum atomic E-state index is 5.90. The fraction of sp³-hybridized carbons (Fsp3) is 0.750. The molecule has 2 saturated heterocycles. The molecule has 27 heavy (non-hydrogen) atoms. The van der Waals surface area contributed by atoms with Crippen LogP contribution in [0.3, 0.4) is 0 Å². The summed E-state index contributed by atoms with van der Waals surface area (Å²) in [5, 5.41) is 0. The summed E-state index contributed by atoms with van der Waals surface area (Å²) >= 11 is 0. The Morgan fingerprint density at radius 2 is 1.59 bits per heavy atom. The lowest BCUT2D eigenvalue weighted by molar-refractivity contribution is 0.0320. The molecule has 0 radical (unpaired) electrons. The molecule has 3 rings (SSSR count). The van der Waals surface area contributed by atoms with Crippen molar-refractivity contribution in [3.05, 3.63) is 12.1 Å². The molecule has 0 atom stereocenters. The van der Waals surface area contributed by atoms with Crippen molar-refractivity contribution in [2.24, 2.45) is 0 Å². The number of nitrogens with two attached hydrogens (primary N) is 1. The van der Waals surface area contributed by atoms with Crippen molar-refractivity contribution < 1.29 is 15.6 Å². The summed E-state index contributed by atoms with van der Waals surface area (Å²) < 4.78 is 16.5. The lowest BCUT2D eigenvalue weighted by Gasteiger charge is -2.29. The zero-order chi connectivity index (χ0) is 19.9. The summed E-state index contributed by atoms with van der Waals surface area (Å²) in [5.74, 6) is 1.08. The average molecular weight is 385 g/mol. The quantitative estimate of drug-likeness (QED) is 0.837. The maximum absolute atomic E-state index is 5.90. The topological polar surface area (TPSA) is 73.1 Å². The van der Waals surface area contributed by atoms with Crippen LogP contribution < -0.4 is 15.4 Å². The molecule has 0 aromatic carbocycles. The van der Waals surface area contributed by atoms with Crippen LogP contribution in [-0.2, 0) is 9.47 Å². The first-order valence-corrected chi connectivity index (χ1v) is 10.3. The van der Waals surface area contributed by atoms with Gasteiger partial charge in [0, 0.05) is 52.0 Å². The van der Waals surface area contributed by atoms with Gasteiger partial charge in [0.15, 0.2) is 0 Å². The first-order chi connectivity index (χ1) is 13.2. The van der Waals surface area contributed by atoms with Gasteiger partial charge in [-0.3, -0.25) is 4.90 Å². The van der Waals surface area contributed by atoms with Crippen LogP contribution in [0.25, 0.3) is 0 Å². The molecule has 0 bridgehead atoms. The molecule has 0 spiro atoms. The summed E-state index contributed by atoms with van der Waals surface area (Å²) in [7, 11) is 0. The highest BCUT2D eigenvalue weighted by Crippen LogP contribution is 2.23. The van der Waals surface area contributed by atoms with Gasteiger partial charge in [0.05, 0.1) is 26.4 Å². The van der Waals surface area contributed by atoms with Gasteiger partial charge in [-0.25, -0.2) is 0 Å². The molecule has 0 amide bonds. The van der Waals surface area contributed by atoms with Crippen molar-refractivity contribution in [3.63, 3.8) is 0 Å². The molecule has 7 heteroatoms. The second-order valence-electron chi connectivity index (χ2n) is 6.20. The number of ether oxygens (including phenoxy) is 3. The minimum atomic E-state index is 0. The van der Waals surface area contributed by atoms with Crippen molar-refractivity contribution in [1.82, 2.24) is 9.88 Å². The Morgan fingerprint density at radius 1 is 1.04 bits per heavy atom. The summed E-state index contributed by atoms with van der Waals surface area (Å²) in [4.78, 5) is 8.84. The van der Waals surface area contributed by atoms with Crippen LogP contribution in [0.5, 0.6) is 5.88 Å². The third-order valence-corrected chi connectivity index (χ3v) is 3.94. The monoisotopic (exact) mass is 384 g/mol. The SMILES string of the molecule is CC.CCC.Nc1cc(N2CCOCC2)cc(OCCN2CCOCC2)n1.[HH]. The van der Waals surface area contributed by atoms with Crippen molar-refractivity contribution in [2.75, 3.05) is 76.4 Å². The normalized spacial score (nSPS) is 17.3. The summed E-state index contributed by atoms with van der Waals surface area (Å²) in [6, 6.07) is 3.85. The lowest BCUT2D eigenvalue weighted by Crippen LogP contribution is -2.38. The van der Waals surface area contributed by atoms with Gasteiger partial charge in [-0.2, -0.15) is 4.98 Å². The van der Waals surface area contributed by atoms with E-state index in [0.717, 1.165) is 64.8 Å². The molecule has 2 aliphatic heterocycles. The minimum Gasteiger partial charge on any atom is -0.476 e. The van der Waals surface area contributed by atoms with Crippen LogP contribution in [0.15, 0.2) is 12.1 Å². The molecule has 0 saturated carbocycles. The Hall–Kier alpha value is -1.57. The molecule has 2 fully saturated rings. The number of hydrogen-bond donors (Lipinski definition) is 1. The summed E-state index contributed by atoms with van der Waals surface area (Å²) in [5.41, 5.74) is 6.96. The van der Waals surface area contributed by atoms with Gasteiger partial charge in [0.1, 0.15) is 12.4 Å². The number of aromatic nitrogens is 1. The first kappa shape index (κ1) is 23.5. The molecule has 0 aliphatic carbocycles. The van der Waals surface area contributed by atoms with Gasteiger partial charge in [0.25, 0.3) is 0 Å². The second kappa shape index (κ2) is 14.5. The van der Waals surface area contributed by atoms with Gasteiger partial charge in [-0.1, -0.05) is 34.1 Å². The number of nitrogens with zero attached hydrogens (tertiary/aromatic N) is 3. The Morgan fingerprint density at radius 3 is 2.19 bits per heavy atom. The Balaban J connectivity index is 0.00000111. The lowest BCUT2D eigenvalue weighted by atomic mass is 10.3. The van der Waals surface area contributed by atoms with Crippen LogP contribution in [0.4, 0.5) is 11.5 Å². The highest BCUT2D eigenvalue weighted by atomic mass is 16.5. The van der Waals surface area contributed by atoms with Gasteiger partial charge >= 0.3 is 0 Å². The zero-order valence-electron chi connectivity index (χ0n) is 17.6. The van der Waals surface area contributed by atoms with E-state index in [1.165, 1.54) is 6.42 Å². The van der Waals surface area contributed by atoms with E-state index in [2.05, 4.69) is 28.6 Å². The van der Waals surface area contributed by atoms with E-state index in [1.807, 2.05) is 26.0 Å². The smallest absolute Gasteiger partial charge is 0.217 e. The van der Waals surface area contributed by atoms with E-state index < -0.39 is 0 Å². The minimum absolute atomic E-state index is 0. The second-order valence-corrected chi connectivity index (χ2v) is 6.20. The molecule has 158 valence electrons. The van der Waals surface area contributed by atoms with E-state index in [9.17, 15) is 0 Å². The predicted octanol–water partition coefficient (Wildman–Crippen LogP) is 2.90. The van der Waals surface area contributed by atoms with Crippen molar-refractivity contribution in [3.8, 4) is 5.88 Å². The third-order valence-electron chi connectivity index (χ3n) is 3.94. The highest BCUT2D eigenvalue weighted by Gasteiger charge is 2.14. The fourth-order valence-electron chi connectivity index (χ4n) is 2.69. The van der Waals surface area contributed by atoms with E-state index in [-0.39, 0.29) is 1.43 Å². The van der Waals surface area contributed by atoms with Gasteiger partial charge in [-0.05, 0) is 0 Å². The van der Waals surface area contributed by atoms with E-state index in [1.54, 1.807) is 0 Å². The maximum Gasteiger partial charge on any atom is 0.217 e. The summed E-state index contributed by atoms with van der Waals surface area (Å²) in [6.45, 7) is 16.5. The van der Waals surface area contributed by atoms with Gasteiger partial charge < -0.3 is 24.8 Å². The molecule has 2 N–H and O–H groups in total. The van der Waals surface area contributed by atoms with E-state index in [4.69, 9.17) is 19.9 Å². The van der Waals surface area contributed by atoms with Crippen molar-refractivity contribution in [1.29, 1.82) is 0 Å². The Labute approximate surface area is 166 Å². The Kier molecular flexibility index (Phi) is 12.6. The fourth-order valence-corrected chi connectivity index (χ4v) is 2.69. The number of nitrogen functional groups attached to an aromatic ring is 1. The van der Waals surface area contributed by atoms with Crippen molar-refractivity contribution in [2.45, 2.75) is 34.1 Å². The van der Waals surface area contributed by atoms with Crippen LogP contribution in [0, 0.1) is 0 Å². The highest BCUT2D eigenvalue weighted by molar-refractivity contribution is 5.55. The van der Waals surface area contributed by atoms with Crippen LogP contribution in [0.2, 0.25) is 0 Å². The number of hydrogen-bond acceptors (Lipinski definition) is 7. The molecular weight excluding hydrogens is 344 g/mol. The number of morpholine rings is 2. The molecule has 1 aromatic rings. The number of rotatable bonds is 5. The molecule has 1 aromatic heterocycles. The third kappa shape index (κ3) is 9.26. The molecular formula is C20H40N4O3. The van der Waals surface area contributed by atoms with E-state index in [0.29, 0.717) is 18.3 Å². The largest absolute Gasteiger partial charge is 0.476 e.